The topological polar surface area (TPSA) is 64.3 Å². The summed E-state index contributed by atoms with van der Waals surface area (Å²) >= 11 is 0. The van der Waals surface area contributed by atoms with E-state index in [4.69, 9.17) is 5.73 Å². The molecule has 106 valence electrons. The summed E-state index contributed by atoms with van der Waals surface area (Å²) in [5.41, 5.74) is 8.51. The molecule has 0 aromatic heterocycles. The highest BCUT2D eigenvalue weighted by Crippen LogP contribution is 2.17. The van der Waals surface area contributed by atoms with Crippen LogP contribution in [-0.2, 0) is 4.74 Å². The predicted molar refractivity (Wildman–Crippen MR) is 69.5 cm³/mol. The van der Waals surface area contributed by atoms with E-state index in [1.54, 1.807) is 6.07 Å². The first-order valence-electron chi connectivity index (χ1n) is 5.92. The Morgan fingerprint density at radius 1 is 1.37 bits per heavy atom. The standard InChI is InChI=1S/C13H18F2N2O2/c1-8-5-9(2)11(16)6-10(8)13(18)17-3-4-19-7-12(14)15/h5-6,12H,3-4,7,16H2,1-2H3,(H,17,18). The minimum absolute atomic E-state index is 0.0521. The molecule has 0 heterocycles. The molecular weight excluding hydrogens is 254 g/mol. The highest BCUT2D eigenvalue weighted by molar-refractivity contribution is 5.96. The van der Waals surface area contributed by atoms with E-state index >= 15 is 0 Å². The molecule has 1 rings (SSSR count). The SMILES string of the molecule is Cc1cc(C)c(C(=O)NCCOCC(F)F)cc1N. The van der Waals surface area contributed by atoms with Crippen LogP contribution in [0.1, 0.15) is 21.5 Å². The van der Waals surface area contributed by atoms with Gasteiger partial charge in [-0.25, -0.2) is 8.78 Å². The van der Waals surface area contributed by atoms with Gasteiger partial charge < -0.3 is 15.8 Å². The number of carbonyl (C=O) groups excluding carboxylic acids is 1. The van der Waals surface area contributed by atoms with Crippen LogP contribution in [0.5, 0.6) is 0 Å². The molecule has 0 saturated carbocycles. The number of nitrogens with two attached hydrogens (primary N) is 1. The summed E-state index contributed by atoms with van der Waals surface area (Å²) in [6, 6.07) is 3.44. The van der Waals surface area contributed by atoms with Crippen LogP contribution in [-0.4, -0.2) is 32.1 Å². The highest BCUT2D eigenvalue weighted by atomic mass is 19.3. The van der Waals surface area contributed by atoms with Crippen molar-refractivity contribution in [3.63, 3.8) is 0 Å². The molecule has 3 N–H and O–H groups in total. The van der Waals surface area contributed by atoms with Gasteiger partial charge in [-0.05, 0) is 31.0 Å². The number of anilines is 1. The van der Waals surface area contributed by atoms with Gasteiger partial charge in [0.05, 0.1) is 6.61 Å². The van der Waals surface area contributed by atoms with Gasteiger partial charge in [-0.1, -0.05) is 6.07 Å². The average molecular weight is 272 g/mol. The quantitative estimate of drug-likeness (QED) is 0.614. The zero-order chi connectivity index (χ0) is 14.4. The maximum Gasteiger partial charge on any atom is 0.261 e. The summed E-state index contributed by atoms with van der Waals surface area (Å²) < 4.78 is 28.3. The number of rotatable bonds is 6. The first-order chi connectivity index (χ1) is 8.91. The Morgan fingerprint density at radius 2 is 2.05 bits per heavy atom. The molecular formula is C13H18F2N2O2. The number of alkyl halides is 2. The summed E-state index contributed by atoms with van der Waals surface area (Å²) in [6.45, 7) is 3.29. The molecule has 0 atom stereocenters. The van der Waals surface area contributed by atoms with Crippen LogP contribution in [0.4, 0.5) is 14.5 Å². The predicted octanol–water partition coefficient (Wildman–Crippen LogP) is 1.90. The van der Waals surface area contributed by atoms with Crippen LogP contribution >= 0.6 is 0 Å². The van der Waals surface area contributed by atoms with Crippen molar-refractivity contribution in [3.8, 4) is 0 Å². The normalized spacial score (nSPS) is 10.8. The van der Waals surface area contributed by atoms with E-state index < -0.39 is 13.0 Å². The first-order valence-corrected chi connectivity index (χ1v) is 5.92. The Bertz CT molecular complexity index is 451. The fourth-order valence-electron chi connectivity index (χ4n) is 1.62. The Morgan fingerprint density at radius 3 is 2.68 bits per heavy atom. The van der Waals surface area contributed by atoms with Crippen LogP contribution in [0.15, 0.2) is 12.1 Å². The molecule has 0 aliphatic rings. The van der Waals surface area contributed by atoms with E-state index in [1.165, 1.54) is 0 Å². The Kier molecular flexibility index (Phi) is 5.69. The van der Waals surface area contributed by atoms with Crippen molar-refractivity contribution >= 4 is 11.6 Å². The molecule has 6 heteroatoms. The second-order valence-corrected chi connectivity index (χ2v) is 4.25. The van der Waals surface area contributed by atoms with Crippen LogP contribution in [0.2, 0.25) is 0 Å². The Hall–Kier alpha value is -1.69. The fourth-order valence-corrected chi connectivity index (χ4v) is 1.62. The largest absolute Gasteiger partial charge is 0.398 e. The van der Waals surface area contributed by atoms with Gasteiger partial charge in [0.1, 0.15) is 6.61 Å². The third-order valence-corrected chi connectivity index (χ3v) is 2.63. The molecule has 0 radical (unpaired) electrons. The highest BCUT2D eigenvalue weighted by Gasteiger charge is 2.10. The second-order valence-electron chi connectivity index (χ2n) is 4.25. The number of nitrogen functional groups attached to an aromatic ring is 1. The van der Waals surface area contributed by atoms with Crippen molar-refractivity contribution in [1.29, 1.82) is 0 Å². The Balaban J connectivity index is 2.48. The lowest BCUT2D eigenvalue weighted by Crippen LogP contribution is -2.28. The molecule has 0 fully saturated rings. The van der Waals surface area contributed by atoms with Gasteiger partial charge in [0, 0.05) is 17.8 Å². The van der Waals surface area contributed by atoms with Gasteiger partial charge in [-0.15, -0.1) is 0 Å². The van der Waals surface area contributed by atoms with Crippen LogP contribution in [0, 0.1) is 13.8 Å². The number of amides is 1. The minimum atomic E-state index is -2.49. The number of benzene rings is 1. The van der Waals surface area contributed by atoms with Crippen molar-refractivity contribution in [1.82, 2.24) is 5.32 Å². The van der Waals surface area contributed by atoms with E-state index in [0.29, 0.717) is 11.3 Å². The Labute approximate surface area is 110 Å². The van der Waals surface area contributed by atoms with Crippen LogP contribution in [0.3, 0.4) is 0 Å². The lowest BCUT2D eigenvalue weighted by atomic mass is 10.0. The number of hydrogen-bond acceptors (Lipinski definition) is 3. The number of hydrogen-bond donors (Lipinski definition) is 2. The van der Waals surface area contributed by atoms with Crippen molar-refractivity contribution in [2.45, 2.75) is 20.3 Å². The van der Waals surface area contributed by atoms with Crippen LogP contribution < -0.4 is 11.1 Å². The van der Waals surface area contributed by atoms with Crippen molar-refractivity contribution in [3.05, 3.63) is 28.8 Å². The van der Waals surface area contributed by atoms with E-state index in [2.05, 4.69) is 10.1 Å². The monoisotopic (exact) mass is 272 g/mol. The maximum absolute atomic E-state index is 11.9. The average Bonchev–Trinajstić information content (AvgIpc) is 2.32. The first kappa shape index (κ1) is 15.4. The van der Waals surface area contributed by atoms with Gasteiger partial charge in [0.15, 0.2) is 0 Å². The van der Waals surface area contributed by atoms with Gasteiger partial charge in [0.2, 0.25) is 0 Å². The van der Waals surface area contributed by atoms with Crippen LogP contribution in [0.25, 0.3) is 0 Å². The van der Waals surface area contributed by atoms with Crippen molar-refractivity contribution in [2.75, 3.05) is 25.5 Å². The fraction of sp³-hybridized carbons (Fsp3) is 0.462. The molecule has 4 nitrogen and oxygen atoms in total. The number of carbonyl (C=O) groups is 1. The van der Waals surface area contributed by atoms with E-state index in [9.17, 15) is 13.6 Å². The van der Waals surface area contributed by atoms with Crippen molar-refractivity contribution in [2.24, 2.45) is 0 Å². The van der Waals surface area contributed by atoms with E-state index in [1.807, 2.05) is 19.9 Å². The van der Waals surface area contributed by atoms with Gasteiger partial charge >= 0.3 is 0 Å². The molecule has 19 heavy (non-hydrogen) atoms. The lowest BCUT2D eigenvalue weighted by molar-refractivity contribution is 0.0188. The summed E-state index contributed by atoms with van der Waals surface area (Å²) in [4.78, 5) is 11.9. The molecule has 0 spiro atoms. The second kappa shape index (κ2) is 7.04. The number of nitrogens with one attached hydrogen (secondary N) is 1. The summed E-state index contributed by atoms with van der Waals surface area (Å²) in [7, 11) is 0. The third-order valence-electron chi connectivity index (χ3n) is 2.63. The zero-order valence-electron chi connectivity index (χ0n) is 11.0. The van der Waals surface area contributed by atoms with Gasteiger partial charge in [0.25, 0.3) is 12.3 Å². The zero-order valence-corrected chi connectivity index (χ0v) is 11.0. The molecule has 0 bridgehead atoms. The number of aryl methyl sites for hydroxylation is 2. The lowest BCUT2D eigenvalue weighted by Gasteiger charge is -2.10. The smallest absolute Gasteiger partial charge is 0.261 e. The third kappa shape index (κ3) is 4.82. The molecule has 1 aromatic rings. The summed E-state index contributed by atoms with van der Waals surface area (Å²) in [5.74, 6) is -0.287. The van der Waals surface area contributed by atoms with Crippen molar-refractivity contribution < 1.29 is 18.3 Å². The minimum Gasteiger partial charge on any atom is -0.398 e. The maximum atomic E-state index is 11.9. The molecule has 1 aromatic carbocycles. The number of ether oxygens (including phenoxy) is 1. The number of halogens is 2. The molecule has 1 amide bonds. The molecule has 0 unspecified atom stereocenters. The van der Waals surface area contributed by atoms with Gasteiger partial charge in [-0.2, -0.15) is 0 Å². The molecule has 0 saturated heterocycles. The molecule has 0 aliphatic heterocycles. The summed E-state index contributed by atoms with van der Waals surface area (Å²) in [5, 5.41) is 2.60. The molecule has 0 aliphatic carbocycles. The van der Waals surface area contributed by atoms with Gasteiger partial charge in [-0.3, -0.25) is 4.79 Å². The van der Waals surface area contributed by atoms with E-state index in [-0.39, 0.29) is 19.1 Å². The summed E-state index contributed by atoms with van der Waals surface area (Å²) in [6.07, 6.45) is -2.49. The van der Waals surface area contributed by atoms with E-state index in [0.717, 1.165) is 11.1 Å².